The average molecular weight is 369 g/mol. The molecule has 1 fully saturated rings. The summed E-state index contributed by atoms with van der Waals surface area (Å²) < 4.78 is 10.6. The first kappa shape index (κ1) is 17.8. The lowest BCUT2D eigenvalue weighted by molar-refractivity contribution is -0.133. The molecule has 0 aliphatic carbocycles. The first-order valence-electron chi connectivity index (χ1n) is 7.72. The van der Waals surface area contributed by atoms with E-state index in [1.165, 1.54) is 7.11 Å². The van der Waals surface area contributed by atoms with E-state index in [0.29, 0.717) is 16.2 Å². The Hall–Kier alpha value is -3.06. The van der Waals surface area contributed by atoms with Gasteiger partial charge in [-0.15, -0.1) is 0 Å². The van der Waals surface area contributed by atoms with Crippen LogP contribution in [0.3, 0.4) is 0 Å². The second kappa shape index (κ2) is 7.88. The largest absolute Gasteiger partial charge is 0.493 e. The number of rotatable bonds is 5. The van der Waals surface area contributed by atoms with Crippen LogP contribution in [0.5, 0.6) is 11.5 Å². The summed E-state index contributed by atoms with van der Waals surface area (Å²) in [6.45, 7) is 0. The van der Waals surface area contributed by atoms with Gasteiger partial charge in [0.2, 0.25) is 0 Å². The summed E-state index contributed by atoms with van der Waals surface area (Å²) in [6.07, 6.45) is 1.72. The van der Waals surface area contributed by atoms with Gasteiger partial charge in [-0.3, -0.25) is 19.7 Å². The van der Waals surface area contributed by atoms with Crippen molar-refractivity contribution >= 4 is 35.0 Å². The number of esters is 1. The Morgan fingerprint density at radius 2 is 1.88 bits per heavy atom. The number of carbonyl (C=O) groups is 3. The molecule has 0 atom stereocenters. The third kappa shape index (κ3) is 4.31. The van der Waals surface area contributed by atoms with Crippen molar-refractivity contribution < 1.29 is 23.9 Å². The van der Waals surface area contributed by atoms with E-state index in [-0.39, 0.29) is 12.2 Å². The van der Waals surface area contributed by atoms with E-state index in [4.69, 9.17) is 9.47 Å². The van der Waals surface area contributed by atoms with Crippen molar-refractivity contribution in [3.63, 3.8) is 0 Å². The quantitative estimate of drug-likeness (QED) is 0.495. The monoisotopic (exact) mass is 369 g/mol. The molecular formula is C19H15NO5S. The van der Waals surface area contributed by atoms with Crippen LogP contribution in [-0.2, 0) is 16.0 Å². The predicted molar refractivity (Wildman–Crippen MR) is 97.9 cm³/mol. The molecular weight excluding hydrogens is 354 g/mol. The summed E-state index contributed by atoms with van der Waals surface area (Å²) >= 11 is 0.833. The van der Waals surface area contributed by atoms with Crippen molar-refractivity contribution in [2.24, 2.45) is 0 Å². The molecule has 1 aliphatic rings. The lowest BCUT2D eigenvalue weighted by Gasteiger charge is -2.10. The highest BCUT2D eigenvalue weighted by atomic mass is 32.2. The molecule has 2 amide bonds. The van der Waals surface area contributed by atoms with Gasteiger partial charge in [0.25, 0.3) is 11.1 Å². The first-order valence-corrected chi connectivity index (χ1v) is 8.54. The molecule has 1 heterocycles. The molecule has 1 N–H and O–H groups in total. The van der Waals surface area contributed by atoms with Crippen molar-refractivity contribution in [1.82, 2.24) is 5.32 Å². The standard InChI is InChI=1S/C19H15NO5S/c1-24-15-9-13(10-16-18(22)20-19(23)26-16)7-8-14(15)25-17(21)11-12-5-3-2-4-6-12/h2-10H,11H2,1H3,(H,20,22,23)/b16-10-. The number of amides is 2. The fraction of sp³-hybridized carbons (Fsp3) is 0.105. The Balaban J connectivity index is 1.74. The van der Waals surface area contributed by atoms with Gasteiger partial charge >= 0.3 is 5.97 Å². The van der Waals surface area contributed by atoms with Crippen molar-refractivity contribution in [1.29, 1.82) is 0 Å². The van der Waals surface area contributed by atoms with Crippen molar-refractivity contribution in [2.45, 2.75) is 6.42 Å². The van der Waals surface area contributed by atoms with Crippen LogP contribution in [0.1, 0.15) is 11.1 Å². The van der Waals surface area contributed by atoms with Crippen LogP contribution in [0.15, 0.2) is 53.4 Å². The van der Waals surface area contributed by atoms with Crippen LogP contribution in [0.4, 0.5) is 4.79 Å². The number of imide groups is 1. The Labute approximate surface area is 154 Å². The van der Waals surface area contributed by atoms with Crippen LogP contribution < -0.4 is 14.8 Å². The number of hydrogen-bond acceptors (Lipinski definition) is 6. The van der Waals surface area contributed by atoms with Crippen molar-refractivity contribution in [3.8, 4) is 11.5 Å². The summed E-state index contributed by atoms with van der Waals surface area (Å²) in [4.78, 5) is 35.2. The molecule has 2 aromatic carbocycles. The molecule has 3 rings (SSSR count). The van der Waals surface area contributed by atoms with Gasteiger partial charge < -0.3 is 9.47 Å². The summed E-state index contributed by atoms with van der Waals surface area (Å²) in [5.74, 6) is -0.195. The van der Waals surface area contributed by atoms with Gasteiger partial charge in [-0.05, 0) is 41.1 Å². The van der Waals surface area contributed by atoms with Crippen LogP contribution in [0, 0.1) is 0 Å². The summed E-state index contributed by atoms with van der Waals surface area (Å²) in [6, 6.07) is 14.2. The topological polar surface area (TPSA) is 81.7 Å². The number of methoxy groups -OCH3 is 1. The molecule has 0 saturated carbocycles. The molecule has 1 saturated heterocycles. The van der Waals surface area contributed by atoms with Crippen molar-refractivity contribution in [2.75, 3.05) is 7.11 Å². The maximum absolute atomic E-state index is 12.1. The highest BCUT2D eigenvalue weighted by molar-refractivity contribution is 8.18. The summed E-state index contributed by atoms with van der Waals surface area (Å²) in [5.41, 5.74) is 1.50. The molecule has 26 heavy (non-hydrogen) atoms. The lowest BCUT2D eigenvalue weighted by atomic mass is 10.1. The minimum atomic E-state index is -0.433. The number of benzene rings is 2. The Kier molecular flexibility index (Phi) is 5.38. The van der Waals surface area contributed by atoms with Crippen LogP contribution in [0.25, 0.3) is 6.08 Å². The first-order chi connectivity index (χ1) is 12.5. The smallest absolute Gasteiger partial charge is 0.315 e. The highest BCUT2D eigenvalue weighted by Gasteiger charge is 2.25. The van der Waals surface area contributed by atoms with E-state index in [9.17, 15) is 14.4 Å². The zero-order valence-corrected chi connectivity index (χ0v) is 14.7. The number of ether oxygens (including phenoxy) is 2. The molecule has 0 bridgehead atoms. The van der Waals surface area contributed by atoms with E-state index in [0.717, 1.165) is 17.3 Å². The van der Waals surface area contributed by atoms with E-state index < -0.39 is 17.1 Å². The predicted octanol–water partition coefficient (Wildman–Crippen LogP) is 3.17. The van der Waals surface area contributed by atoms with E-state index >= 15 is 0 Å². The molecule has 7 heteroatoms. The van der Waals surface area contributed by atoms with Gasteiger partial charge in [0.1, 0.15) is 0 Å². The number of hydrogen-bond donors (Lipinski definition) is 1. The molecule has 0 unspecified atom stereocenters. The third-order valence-electron chi connectivity index (χ3n) is 3.54. The van der Waals surface area contributed by atoms with E-state index in [2.05, 4.69) is 5.32 Å². The second-order valence-electron chi connectivity index (χ2n) is 5.40. The van der Waals surface area contributed by atoms with Crippen LogP contribution >= 0.6 is 11.8 Å². The van der Waals surface area contributed by atoms with Crippen LogP contribution in [0.2, 0.25) is 0 Å². The van der Waals surface area contributed by atoms with Gasteiger partial charge in [0.05, 0.1) is 18.4 Å². The molecule has 0 aromatic heterocycles. The SMILES string of the molecule is COc1cc(/C=C2\SC(=O)NC2=O)ccc1OC(=O)Cc1ccccc1. The zero-order valence-electron chi connectivity index (χ0n) is 13.9. The van der Waals surface area contributed by atoms with Gasteiger partial charge in [-0.1, -0.05) is 36.4 Å². The van der Waals surface area contributed by atoms with Gasteiger partial charge in [-0.2, -0.15) is 0 Å². The summed E-state index contributed by atoms with van der Waals surface area (Å²) in [5, 5.41) is 1.79. The Morgan fingerprint density at radius 3 is 2.54 bits per heavy atom. The maximum atomic E-state index is 12.1. The molecule has 2 aromatic rings. The fourth-order valence-electron chi connectivity index (χ4n) is 2.35. The normalized spacial score (nSPS) is 15.0. The molecule has 0 spiro atoms. The number of carbonyl (C=O) groups excluding carboxylic acids is 3. The zero-order chi connectivity index (χ0) is 18.5. The molecule has 132 valence electrons. The second-order valence-corrected chi connectivity index (χ2v) is 6.41. The van der Waals surface area contributed by atoms with E-state index in [1.54, 1.807) is 24.3 Å². The molecule has 6 nitrogen and oxygen atoms in total. The average Bonchev–Trinajstić information content (AvgIpc) is 2.94. The van der Waals surface area contributed by atoms with Crippen LogP contribution in [-0.4, -0.2) is 24.2 Å². The van der Waals surface area contributed by atoms with Gasteiger partial charge in [-0.25, -0.2) is 0 Å². The molecule has 0 radical (unpaired) electrons. The van der Waals surface area contributed by atoms with E-state index in [1.807, 2.05) is 30.3 Å². The van der Waals surface area contributed by atoms with Gasteiger partial charge in [0.15, 0.2) is 11.5 Å². The molecule has 1 aliphatic heterocycles. The van der Waals surface area contributed by atoms with Gasteiger partial charge in [0, 0.05) is 0 Å². The highest BCUT2D eigenvalue weighted by Crippen LogP contribution is 2.31. The number of nitrogens with one attached hydrogen (secondary N) is 1. The summed E-state index contributed by atoms with van der Waals surface area (Å²) in [7, 11) is 1.46. The Bertz CT molecular complexity index is 892. The minimum absolute atomic E-state index is 0.148. The Morgan fingerprint density at radius 1 is 1.12 bits per heavy atom. The lowest BCUT2D eigenvalue weighted by Crippen LogP contribution is -2.17. The maximum Gasteiger partial charge on any atom is 0.315 e. The fourth-order valence-corrected chi connectivity index (χ4v) is 3.03. The number of thioether (sulfide) groups is 1. The van der Waals surface area contributed by atoms with Crippen molar-refractivity contribution in [3.05, 3.63) is 64.6 Å². The third-order valence-corrected chi connectivity index (χ3v) is 4.35. The minimum Gasteiger partial charge on any atom is -0.493 e.